The maximum atomic E-state index is 12.1. The third-order valence-corrected chi connectivity index (χ3v) is 3.02. The first-order valence-electron chi connectivity index (χ1n) is 5.71. The Morgan fingerprint density at radius 3 is 3.12 bits per heavy atom. The van der Waals surface area contributed by atoms with Gasteiger partial charge in [-0.15, -0.1) is 0 Å². The number of carbonyl (C=O) groups is 1. The van der Waals surface area contributed by atoms with Crippen LogP contribution >= 0.6 is 0 Å². The average molecular weight is 219 g/mol. The molecule has 2 heterocycles. The number of piperidine rings is 1. The zero-order valence-corrected chi connectivity index (χ0v) is 9.30. The summed E-state index contributed by atoms with van der Waals surface area (Å²) in [5.41, 5.74) is 6.18. The van der Waals surface area contributed by atoms with Crippen LogP contribution in [0.5, 0.6) is 0 Å². The van der Waals surface area contributed by atoms with Gasteiger partial charge in [0.25, 0.3) is 5.91 Å². The number of amides is 1. The lowest BCUT2D eigenvalue weighted by Crippen LogP contribution is -2.42. The number of carbonyl (C=O) groups excluding carboxylic acids is 1. The van der Waals surface area contributed by atoms with Gasteiger partial charge in [-0.05, 0) is 37.4 Å². The van der Waals surface area contributed by atoms with Crippen molar-refractivity contribution >= 4 is 5.91 Å². The molecule has 1 amide bonds. The van der Waals surface area contributed by atoms with E-state index in [1.165, 1.54) is 0 Å². The maximum absolute atomic E-state index is 12.1. The minimum absolute atomic E-state index is 0.0266. The zero-order valence-electron chi connectivity index (χ0n) is 9.30. The number of pyridine rings is 1. The molecule has 86 valence electrons. The molecule has 1 atom stereocenters. The average Bonchev–Trinajstić information content (AvgIpc) is 2.39. The number of hydrogen-bond acceptors (Lipinski definition) is 3. The monoisotopic (exact) mass is 219 g/mol. The Bertz CT molecular complexity index is 353. The van der Waals surface area contributed by atoms with Crippen LogP contribution in [0.3, 0.4) is 0 Å². The van der Waals surface area contributed by atoms with Crippen molar-refractivity contribution in [3.05, 3.63) is 30.1 Å². The molecule has 1 aliphatic heterocycles. The van der Waals surface area contributed by atoms with Gasteiger partial charge in [0.15, 0.2) is 0 Å². The van der Waals surface area contributed by atoms with Crippen LogP contribution in [0.2, 0.25) is 0 Å². The Hall–Kier alpha value is -1.42. The topological polar surface area (TPSA) is 59.2 Å². The summed E-state index contributed by atoms with van der Waals surface area (Å²) in [6, 6.07) is 5.41. The van der Waals surface area contributed by atoms with Crippen LogP contribution in [-0.4, -0.2) is 35.4 Å². The molecule has 1 aromatic heterocycles. The van der Waals surface area contributed by atoms with Crippen molar-refractivity contribution in [2.24, 2.45) is 11.7 Å². The molecule has 0 saturated carbocycles. The molecule has 0 aliphatic carbocycles. The van der Waals surface area contributed by atoms with E-state index in [2.05, 4.69) is 4.98 Å². The van der Waals surface area contributed by atoms with Gasteiger partial charge in [0, 0.05) is 19.3 Å². The van der Waals surface area contributed by atoms with Gasteiger partial charge in [0.1, 0.15) is 5.69 Å². The molecule has 0 spiro atoms. The molecule has 16 heavy (non-hydrogen) atoms. The van der Waals surface area contributed by atoms with Crippen LogP contribution in [-0.2, 0) is 0 Å². The first-order chi connectivity index (χ1) is 7.81. The first-order valence-corrected chi connectivity index (χ1v) is 5.71. The van der Waals surface area contributed by atoms with E-state index in [0.717, 1.165) is 25.9 Å². The molecule has 2 rings (SSSR count). The van der Waals surface area contributed by atoms with Gasteiger partial charge in [-0.1, -0.05) is 6.07 Å². The highest BCUT2D eigenvalue weighted by molar-refractivity contribution is 5.92. The number of nitrogens with two attached hydrogens (primary N) is 1. The van der Waals surface area contributed by atoms with Gasteiger partial charge in [0.05, 0.1) is 0 Å². The first kappa shape index (κ1) is 11.1. The second kappa shape index (κ2) is 5.07. The SMILES string of the molecule is NC[C@@H]1CCCN(C(=O)c2ccccn2)C1. The van der Waals surface area contributed by atoms with Crippen molar-refractivity contribution < 1.29 is 4.79 Å². The molecule has 1 aromatic rings. The highest BCUT2D eigenvalue weighted by Gasteiger charge is 2.23. The van der Waals surface area contributed by atoms with Crippen LogP contribution in [0.25, 0.3) is 0 Å². The highest BCUT2D eigenvalue weighted by atomic mass is 16.2. The van der Waals surface area contributed by atoms with Gasteiger partial charge >= 0.3 is 0 Å². The number of hydrogen-bond donors (Lipinski definition) is 1. The molecule has 1 saturated heterocycles. The molecule has 0 bridgehead atoms. The van der Waals surface area contributed by atoms with Crippen LogP contribution < -0.4 is 5.73 Å². The van der Waals surface area contributed by atoms with E-state index in [4.69, 9.17) is 5.73 Å². The summed E-state index contributed by atoms with van der Waals surface area (Å²) in [6.07, 6.45) is 3.82. The minimum atomic E-state index is 0.0266. The van der Waals surface area contributed by atoms with Gasteiger partial charge in [0.2, 0.25) is 0 Å². The lowest BCUT2D eigenvalue weighted by Gasteiger charge is -2.31. The molecular formula is C12H17N3O. The summed E-state index contributed by atoms with van der Waals surface area (Å²) in [4.78, 5) is 18.0. The Balaban J connectivity index is 2.05. The van der Waals surface area contributed by atoms with Crippen molar-refractivity contribution in [3.8, 4) is 0 Å². The van der Waals surface area contributed by atoms with E-state index in [1.54, 1.807) is 12.3 Å². The van der Waals surface area contributed by atoms with Crippen molar-refractivity contribution in [2.75, 3.05) is 19.6 Å². The summed E-state index contributed by atoms with van der Waals surface area (Å²) in [5.74, 6) is 0.472. The predicted molar refractivity (Wildman–Crippen MR) is 61.9 cm³/mol. The molecule has 2 N–H and O–H groups in total. The molecular weight excluding hydrogens is 202 g/mol. The molecule has 0 unspecified atom stereocenters. The highest BCUT2D eigenvalue weighted by Crippen LogP contribution is 2.16. The summed E-state index contributed by atoms with van der Waals surface area (Å²) < 4.78 is 0. The Morgan fingerprint density at radius 2 is 2.44 bits per heavy atom. The molecule has 4 nitrogen and oxygen atoms in total. The lowest BCUT2D eigenvalue weighted by atomic mass is 9.98. The van der Waals surface area contributed by atoms with Gasteiger partial charge in [-0.2, -0.15) is 0 Å². The molecule has 1 aliphatic rings. The summed E-state index contributed by atoms with van der Waals surface area (Å²) in [6.45, 7) is 2.25. The Labute approximate surface area is 95.5 Å². The second-order valence-corrected chi connectivity index (χ2v) is 4.21. The molecule has 4 heteroatoms. The standard InChI is InChI=1S/C12H17N3O/c13-8-10-4-3-7-15(9-10)12(16)11-5-1-2-6-14-11/h1-2,5-6,10H,3-4,7-9,13H2/t10-/m0/s1. The van der Waals surface area contributed by atoms with E-state index in [-0.39, 0.29) is 5.91 Å². The summed E-state index contributed by atoms with van der Waals surface area (Å²) in [5, 5.41) is 0. The number of rotatable bonds is 2. The van der Waals surface area contributed by atoms with Gasteiger partial charge < -0.3 is 10.6 Å². The molecule has 1 fully saturated rings. The van der Waals surface area contributed by atoms with Crippen LogP contribution in [0.15, 0.2) is 24.4 Å². The van der Waals surface area contributed by atoms with E-state index < -0.39 is 0 Å². The minimum Gasteiger partial charge on any atom is -0.337 e. The molecule has 0 radical (unpaired) electrons. The summed E-state index contributed by atoms with van der Waals surface area (Å²) >= 11 is 0. The van der Waals surface area contributed by atoms with Crippen molar-refractivity contribution in [1.29, 1.82) is 0 Å². The van der Waals surface area contributed by atoms with Gasteiger partial charge in [-0.25, -0.2) is 0 Å². The van der Waals surface area contributed by atoms with Crippen molar-refractivity contribution in [2.45, 2.75) is 12.8 Å². The van der Waals surface area contributed by atoms with Crippen molar-refractivity contribution in [1.82, 2.24) is 9.88 Å². The third kappa shape index (κ3) is 2.39. The number of likely N-dealkylation sites (tertiary alicyclic amines) is 1. The van der Waals surface area contributed by atoms with Crippen LogP contribution in [0.4, 0.5) is 0 Å². The summed E-state index contributed by atoms with van der Waals surface area (Å²) in [7, 11) is 0. The fraction of sp³-hybridized carbons (Fsp3) is 0.500. The van der Waals surface area contributed by atoms with Gasteiger partial charge in [-0.3, -0.25) is 9.78 Å². The number of nitrogens with zero attached hydrogens (tertiary/aromatic N) is 2. The Kier molecular flexibility index (Phi) is 3.51. The fourth-order valence-electron chi connectivity index (χ4n) is 2.09. The van der Waals surface area contributed by atoms with E-state index in [1.807, 2.05) is 17.0 Å². The van der Waals surface area contributed by atoms with Crippen molar-refractivity contribution in [3.63, 3.8) is 0 Å². The third-order valence-electron chi connectivity index (χ3n) is 3.02. The van der Waals surface area contributed by atoms with E-state index >= 15 is 0 Å². The largest absolute Gasteiger partial charge is 0.337 e. The smallest absolute Gasteiger partial charge is 0.272 e. The lowest BCUT2D eigenvalue weighted by molar-refractivity contribution is 0.0672. The maximum Gasteiger partial charge on any atom is 0.272 e. The number of aromatic nitrogens is 1. The predicted octanol–water partition coefficient (Wildman–Crippen LogP) is 0.893. The Morgan fingerprint density at radius 1 is 1.56 bits per heavy atom. The van der Waals surface area contributed by atoms with Crippen LogP contribution in [0.1, 0.15) is 23.3 Å². The second-order valence-electron chi connectivity index (χ2n) is 4.21. The molecule has 0 aromatic carbocycles. The van der Waals surface area contributed by atoms with E-state index in [9.17, 15) is 4.79 Å². The van der Waals surface area contributed by atoms with Crippen LogP contribution in [0, 0.1) is 5.92 Å². The van der Waals surface area contributed by atoms with E-state index in [0.29, 0.717) is 18.2 Å². The zero-order chi connectivity index (χ0) is 11.4. The quantitative estimate of drug-likeness (QED) is 0.803. The fourth-order valence-corrected chi connectivity index (χ4v) is 2.09. The normalized spacial score (nSPS) is 20.8.